The largest absolute Gasteiger partial charge is 0.466 e. The van der Waals surface area contributed by atoms with Crippen LogP contribution in [0.2, 0.25) is 10.0 Å². The topological polar surface area (TPSA) is 75.7 Å². The van der Waals surface area contributed by atoms with Crippen molar-refractivity contribution in [2.75, 3.05) is 19.7 Å². The molecule has 1 aliphatic heterocycles. The van der Waals surface area contributed by atoms with Gasteiger partial charge in [-0.25, -0.2) is 0 Å². The molecule has 0 aromatic heterocycles. The molecule has 1 saturated heterocycles. The van der Waals surface area contributed by atoms with Crippen molar-refractivity contribution in [2.24, 2.45) is 0 Å². The summed E-state index contributed by atoms with van der Waals surface area (Å²) in [5.74, 6) is -1.34. The zero-order valence-electron chi connectivity index (χ0n) is 12.5. The highest BCUT2D eigenvalue weighted by atomic mass is 35.5. The van der Waals surface area contributed by atoms with E-state index in [1.54, 1.807) is 13.0 Å². The van der Waals surface area contributed by atoms with Crippen LogP contribution in [0.3, 0.4) is 0 Å². The minimum absolute atomic E-state index is 0.198. The number of piperazine rings is 1. The lowest BCUT2D eigenvalue weighted by molar-refractivity contribution is -0.147. The van der Waals surface area contributed by atoms with Gasteiger partial charge in [0.15, 0.2) is 0 Å². The van der Waals surface area contributed by atoms with Crippen molar-refractivity contribution in [1.29, 1.82) is 0 Å². The van der Waals surface area contributed by atoms with Crippen molar-refractivity contribution in [2.45, 2.75) is 19.4 Å². The van der Waals surface area contributed by atoms with E-state index in [1.807, 2.05) is 0 Å². The molecule has 1 atom stereocenters. The molecule has 23 heavy (non-hydrogen) atoms. The zero-order chi connectivity index (χ0) is 17.0. The Balaban J connectivity index is 2.24. The third kappa shape index (κ3) is 4.14. The number of hydrogen-bond donors (Lipinski definition) is 1. The highest BCUT2D eigenvalue weighted by molar-refractivity contribution is 6.36. The van der Waals surface area contributed by atoms with Gasteiger partial charge in [0.25, 0.3) is 5.91 Å². The predicted molar refractivity (Wildman–Crippen MR) is 85.5 cm³/mol. The van der Waals surface area contributed by atoms with E-state index in [0.717, 1.165) is 0 Å². The second-order valence-electron chi connectivity index (χ2n) is 4.94. The standard InChI is InChI=1S/C15H16Cl2N2O4/c1-2-23-13(20)8-12-14(21)18-5-6-19(12)15(22)10-4-3-9(16)7-11(10)17/h3-4,7,12H,2,5-6,8H2,1H3,(H,18,21)/t12-/m0/s1. The molecule has 1 aromatic rings. The maximum atomic E-state index is 12.7. The zero-order valence-corrected chi connectivity index (χ0v) is 14.0. The summed E-state index contributed by atoms with van der Waals surface area (Å²) in [4.78, 5) is 37.8. The van der Waals surface area contributed by atoms with Crippen LogP contribution in [0.1, 0.15) is 23.7 Å². The first-order chi connectivity index (χ1) is 10.9. The van der Waals surface area contributed by atoms with Crippen LogP contribution in [0.4, 0.5) is 0 Å². The van der Waals surface area contributed by atoms with E-state index in [1.165, 1.54) is 17.0 Å². The Bertz CT molecular complexity index is 636. The molecule has 1 heterocycles. The maximum Gasteiger partial charge on any atom is 0.308 e. The van der Waals surface area contributed by atoms with E-state index in [0.29, 0.717) is 11.6 Å². The van der Waals surface area contributed by atoms with Gasteiger partial charge in [-0.1, -0.05) is 23.2 Å². The fourth-order valence-corrected chi connectivity index (χ4v) is 2.85. The van der Waals surface area contributed by atoms with Crippen molar-refractivity contribution >= 4 is 41.0 Å². The van der Waals surface area contributed by atoms with Gasteiger partial charge < -0.3 is 15.0 Å². The highest BCUT2D eigenvalue weighted by Crippen LogP contribution is 2.24. The van der Waals surface area contributed by atoms with Gasteiger partial charge in [0.1, 0.15) is 6.04 Å². The second-order valence-corrected chi connectivity index (χ2v) is 5.78. The third-order valence-electron chi connectivity index (χ3n) is 3.42. The Labute approximate surface area is 143 Å². The lowest BCUT2D eigenvalue weighted by Crippen LogP contribution is -2.57. The van der Waals surface area contributed by atoms with Crippen molar-refractivity contribution < 1.29 is 19.1 Å². The lowest BCUT2D eigenvalue weighted by Gasteiger charge is -2.34. The van der Waals surface area contributed by atoms with Crippen molar-refractivity contribution in [3.05, 3.63) is 33.8 Å². The van der Waals surface area contributed by atoms with Gasteiger partial charge in [-0.05, 0) is 25.1 Å². The predicted octanol–water partition coefficient (Wildman–Crippen LogP) is 1.89. The molecule has 1 N–H and O–H groups in total. The van der Waals surface area contributed by atoms with Crippen LogP contribution in [-0.4, -0.2) is 48.4 Å². The minimum Gasteiger partial charge on any atom is -0.466 e. The van der Waals surface area contributed by atoms with Crippen LogP contribution in [0, 0.1) is 0 Å². The van der Waals surface area contributed by atoms with E-state index < -0.39 is 17.9 Å². The number of esters is 1. The Hall–Kier alpha value is -1.79. The molecular weight excluding hydrogens is 343 g/mol. The number of benzene rings is 1. The first-order valence-corrected chi connectivity index (χ1v) is 7.89. The number of nitrogens with one attached hydrogen (secondary N) is 1. The summed E-state index contributed by atoms with van der Waals surface area (Å²) in [7, 11) is 0. The van der Waals surface area contributed by atoms with Crippen LogP contribution in [-0.2, 0) is 14.3 Å². The molecular formula is C15H16Cl2N2O4. The van der Waals surface area contributed by atoms with E-state index in [-0.39, 0.29) is 36.1 Å². The minimum atomic E-state index is -0.915. The van der Waals surface area contributed by atoms with Gasteiger partial charge in [0, 0.05) is 18.1 Å². The third-order valence-corrected chi connectivity index (χ3v) is 3.97. The number of rotatable bonds is 4. The van der Waals surface area contributed by atoms with E-state index in [9.17, 15) is 14.4 Å². The molecule has 2 amide bonds. The van der Waals surface area contributed by atoms with Gasteiger partial charge in [0.2, 0.25) is 5.91 Å². The number of ether oxygens (including phenoxy) is 1. The quantitative estimate of drug-likeness (QED) is 0.833. The average molecular weight is 359 g/mol. The molecule has 124 valence electrons. The Morgan fingerprint density at radius 1 is 1.39 bits per heavy atom. The van der Waals surface area contributed by atoms with Gasteiger partial charge in [-0.3, -0.25) is 14.4 Å². The summed E-state index contributed by atoms with van der Waals surface area (Å²) in [5.41, 5.74) is 0.236. The van der Waals surface area contributed by atoms with Crippen LogP contribution in [0.25, 0.3) is 0 Å². The fourth-order valence-electron chi connectivity index (χ4n) is 2.36. The molecule has 2 rings (SSSR count). The van der Waals surface area contributed by atoms with Crippen LogP contribution in [0.15, 0.2) is 18.2 Å². The van der Waals surface area contributed by atoms with Crippen LogP contribution in [0.5, 0.6) is 0 Å². The molecule has 8 heteroatoms. The number of halogens is 2. The molecule has 1 fully saturated rings. The first-order valence-electron chi connectivity index (χ1n) is 7.13. The van der Waals surface area contributed by atoms with E-state index in [2.05, 4.69) is 5.32 Å². The molecule has 1 aromatic carbocycles. The number of nitrogens with zero attached hydrogens (tertiary/aromatic N) is 1. The summed E-state index contributed by atoms with van der Waals surface area (Å²) in [5, 5.41) is 3.25. The summed E-state index contributed by atoms with van der Waals surface area (Å²) in [6.45, 7) is 2.49. The Morgan fingerprint density at radius 3 is 2.78 bits per heavy atom. The maximum absolute atomic E-state index is 12.7. The molecule has 0 unspecified atom stereocenters. The molecule has 0 spiro atoms. The smallest absolute Gasteiger partial charge is 0.308 e. The molecule has 0 saturated carbocycles. The normalized spacial score (nSPS) is 17.6. The van der Waals surface area contributed by atoms with E-state index in [4.69, 9.17) is 27.9 Å². The fraction of sp³-hybridized carbons (Fsp3) is 0.400. The number of amides is 2. The summed E-state index contributed by atoms with van der Waals surface area (Å²) >= 11 is 11.9. The van der Waals surface area contributed by atoms with Gasteiger partial charge >= 0.3 is 5.97 Å². The van der Waals surface area contributed by atoms with Crippen molar-refractivity contribution in [1.82, 2.24) is 10.2 Å². The first kappa shape index (κ1) is 17.6. The van der Waals surface area contributed by atoms with Crippen molar-refractivity contribution in [3.8, 4) is 0 Å². The van der Waals surface area contributed by atoms with E-state index >= 15 is 0 Å². The highest BCUT2D eigenvalue weighted by Gasteiger charge is 2.36. The SMILES string of the molecule is CCOC(=O)C[C@H]1C(=O)NCCN1C(=O)c1ccc(Cl)cc1Cl. The molecule has 1 aliphatic rings. The summed E-state index contributed by atoms with van der Waals surface area (Å²) in [6, 6.07) is 3.59. The van der Waals surface area contributed by atoms with Gasteiger partial charge in [-0.2, -0.15) is 0 Å². The summed E-state index contributed by atoms with van der Waals surface area (Å²) in [6.07, 6.45) is -0.198. The molecule has 6 nitrogen and oxygen atoms in total. The summed E-state index contributed by atoms with van der Waals surface area (Å²) < 4.78 is 4.87. The Kier molecular flexibility index (Phi) is 5.85. The monoisotopic (exact) mass is 358 g/mol. The van der Waals surface area contributed by atoms with Gasteiger partial charge in [0.05, 0.1) is 23.6 Å². The molecule has 0 aliphatic carbocycles. The van der Waals surface area contributed by atoms with Crippen LogP contribution >= 0.6 is 23.2 Å². The second kappa shape index (κ2) is 7.66. The lowest BCUT2D eigenvalue weighted by atomic mass is 10.1. The number of hydrogen-bond acceptors (Lipinski definition) is 4. The number of carbonyl (C=O) groups is 3. The van der Waals surface area contributed by atoms with Gasteiger partial charge in [-0.15, -0.1) is 0 Å². The Morgan fingerprint density at radius 2 is 2.13 bits per heavy atom. The average Bonchev–Trinajstić information content (AvgIpc) is 2.49. The molecule has 0 bridgehead atoms. The molecule has 0 radical (unpaired) electrons. The van der Waals surface area contributed by atoms with Crippen LogP contribution < -0.4 is 5.32 Å². The number of carbonyl (C=O) groups excluding carboxylic acids is 3. The van der Waals surface area contributed by atoms with Crippen molar-refractivity contribution in [3.63, 3.8) is 0 Å².